The Morgan fingerprint density at radius 2 is 1.89 bits per heavy atom. The number of nitrogens with one attached hydrogen (secondary N) is 1. The molecule has 0 spiro atoms. The highest BCUT2D eigenvalue weighted by molar-refractivity contribution is 6.35. The molecule has 0 aliphatic heterocycles. The maximum absolute atomic E-state index is 13.4. The van der Waals surface area contributed by atoms with E-state index in [0.29, 0.717) is 0 Å². The van der Waals surface area contributed by atoms with E-state index in [0.717, 1.165) is 6.07 Å². The van der Waals surface area contributed by atoms with Crippen molar-refractivity contribution in [3.63, 3.8) is 0 Å². The van der Waals surface area contributed by atoms with Gasteiger partial charge in [-0.2, -0.15) is 0 Å². The number of hydrogen-bond acceptors (Lipinski definition) is 2. The molecular weight excluding hydrogens is 297 g/mol. The first-order valence-electron chi connectivity index (χ1n) is 5.06. The molecule has 0 atom stereocenters. The highest BCUT2D eigenvalue weighted by Gasteiger charge is 2.16. The van der Waals surface area contributed by atoms with Crippen molar-refractivity contribution >= 4 is 34.8 Å². The average Bonchev–Trinajstić information content (AvgIpc) is 2.38. The predicted octanol–water partition coefficient (Wildman–Crippen LogP) is 3.92. The lowest BCUT2D eigenvalue weighted by atomic mass is 10.2. The topological polar surface area (TPSA) is 42.0 Å². The summed E-state index contributed by atoms with van der Waals surface area (Å²) in [5, 5.41) is 2.29. The summed E-state index contributed by atoms with van der Waals surface area (Å²) in [4.78, 5) is 15.6. The third-order valence-electron chi connectivity index (χ3n) is 2.23. The van der Waals surface area contributed by atoms with Gasteiger partial charge in [-0.1, -0.05) is 29.3 Å². The molecule has 2 aromatic rings. The van der Waals surface area contributed by atoms with E-state index in [-0.39, 0.29) is 21.6 Å². The van der Waals surface area contributed by atoms with Gasteiger partial charge in [0.15, 0.2) is 11.6 Å². The Morgan fingerprint density at radius 1 is 1.16 bits per heavy atom. The number of hydrogen-bond donors (Lipinski definition) is 1. The molecule has 0 radical (unpaired) electrons. The minimum absolute atomic E-state index is 0.0544. The van der Waals surface area contributed by atoms with Gasteiger partial charge in [-0.15, -0.1) is 0 Å². The third kappa shape index (κ3) is 3.00. The second-order valence-corrected chi connectivity index (χ2v) is 4.31. The second kappa shape index (κ2) is 5.50. The standard InChI is InChI=1S/C12H6Cl2F2N2O/c13-6-4-5-9(14)18-11(6)12(19)17-8-3-1-2-7(15)10(8)16/h1-5H,(H,17,19). The summed E-state index contributed by atoms with van der Waals surface area (Å²) in [6, 6.07) is 6.21. The maximum atomic E-state index is 13.4. The number of amides is 1. The Balaban J connectivity index is 2.31. The monoisotopic (exact) mass is 302 g/mol. The van der Waals surface area contributed by atoms with Crippen LogP contribution in [0.5, 0.6) is 0 Å². The van der Waals surface area contributed by atoms with E-state index in [1.165, 1.54) is 24.3 Å². The zero-order valence-corrected chi connectivity index (χ0v) is 10.8. The van der Waals surface area contributed by atoms with Gasteiger partial charge in [-0.3, -0.25) is 4.79 Å². The summed E-state index contributed by atoms with van der Waals surface area (Å²) < 4.78 is 26.4. The molecule has 0 unspecified atom stereocenters. The zero-order valence-electron chi connectivity index (χ0n) is 9.25. The van der Waals surface area contributed by atoms with Crippen molar-refractivity contribution in [3.8, 4) is 0 Å². The number of pyridine rings is 1. The maximum Gasteiger partial charge on any atom is 0.275 e. The van der Waals surface area contributed by atoms with Gasteiger partial charge in [0.05, 0.1) is 10.7 Å². The van der Waals surface area contributed by atoms with Crippen LogP contribution in [-0.2, 0) is 0 Å². The number of nitrogens with zero attached hydrogens (tertiary/aromatic N) is 1. The molecule has 0 saturated carbocycles. The van der Waals surface area contributed by atoms with Crippen molar-refractivity contribution in [3.05, 3.63) is 57.8 Å². The van der Waals surface area contributed by atoms with E-state index in [4.69, 9.17) is 23.2 Å². The van der Waals surface area contributed by atoms with E-state index >= 15 is 0 Å². The number of carbonyl (C=O) groups excluding carboxylic acids is 1. The van der Waals surface area contributed by atoms with Gasteiger partial charge in [0, 0.05) is 0 Å². The van der Waals surface area contributed by atoms with Crippen molar-refractivity contribution in [1.82, 2.24) is 4.98 Å². The average molecular weight is 303 g/mol. The summed E-state index contributed by atoms with van der Waals surface area (Å²) in [5.41, 5.74) is -0.472. The third-order valence-corrected chi connectivity index (χ3v) is 2.74. The van der Waals surface area contributed by atoms with Crippen LogP contribution in [0.4, 0.5) is 14.5 Å². The SMILES string of the molecule is O=C(Nc1cccc(F)c1F)c1nc(Cl)ccc1Cl. The molecule has 1 aromatic heterocycles. The van der Waals surface area contributed by atoms with Crippen LogP contribution in [0.3, 0.4) is 0 Å². The molecule has 2 rings (SSSR count). The molecule has 1 aromatic carbocycles. The van der Waals surface area contributed by atoms with Crippen LogP contribution in [0.15, 0.2) is 30.3 Å². The van der Waals surface area contributed by atoms with Crippen LogP contribution in [0.2, 0.25) is 10.2 Å². The van der Waals surface area contributed by atoms with Crippen molar-refractivity contribution in [2.45, 2.75) is 0 Å². The van der Waals surface area contributed by atoms with E-state index < -0.39 is 17.5 Å². The lowest BCUT2D eigenvalue weighted by molar-refractivity contribution is 0.102. The van der Waals surface area contributed by atoms with Crippen molar-refractivity contribution < 1.29 is 13.6 Å². The Morgan fingerprint density at radius 3 is 2.63 bits per heavy atom. The summed E-state index contributed by atoms with van der Waals surface area (Å²) >= 11 is 11.4. The van der Waals surface area contributed by atoms with Gasteiger partial charge in [-0.05, 0) is 24.3 Å². The van der Waals surface area contributed by atoms with Crippen LogP contribution in [0, 0.1) is 11.6 Å². The highest BCUT2D eigenvalue weighted by atomic mass is 35.5. The van der Waals surface area contributed by atoms with Gasteiger partial charge in [0.2, 0.25) is 0 Å². The smallest absolute Gasteiger partial charge is 0.275 e. The summed E-state index contributed by atoms with van der Waals surface area (Å²) in [6.07, 6.45) is 0. The minimum atomic E-state index is -1.16. The van der Waals surface area contributed by atoms with Crippen molar-refractivity contribution in [2.75, 3.05) is 5.32 Å². The Hall–Kier alpha value is -1.72. The zero-order chi connectivity index (χ0) is 14.0. The van der Waals surface area contributed by atoms with E-state index in [1.807, 2.05) is 0 Å². The summed E-state index contributed by atoms with van der Waals surface area (Å²) in [7, 11) is 0. The molecule has 1 heterocycles. The Labute approximate surface area is 117 Å². The fourth-order valence-electron chi connectivity index (χ4n) is 1.36. The molecule has 98 valence electrons. The fraction of sp³-hybridized carbons (Fsp3) is 0. The number of carbonyl (C=O) groups is 1. The van der Waals surface area contributed by atoms with Crippen molar-refractivity contribution in [1.29, 1.82) is 0 Å². The first kappa shape index (κ1) is 13.7. The van der Waals surface area contributed by atoms with Crippen LogP contribution < -0.4 is 5.32 Å². The first-order valence-corrected chi connectivity index (χ1v) is 5.82. The first-order chi connectivity index (χ1) is 8.99. The van der Waals surface area contributed by atoms with Gasteiger partial charge in [0.25, 0.3) is 5.91 Å². The second-order valence-electron chi connectivity index (χ2n) is 3.52. The summed E-state index contributed by atoms with van der Waals surface area (Å²) in [5.74, 6) is -3.01. The molecule has 0 bridgehead atoms. The molecule has 0 aliphatic carbocycles. The van der Waals surface area contributed by atoms with Crippen LogP contribution in [-0.4, -0.2) is 10.9 Å². The molecular formula is C12H6Cl2F2N2O. The van der Waals surface area contributed by atoms with E-state index in [1.54, 1.807) is 0 Å². The molecule has 1 amide bonds. The van der Waals surface area contributed by atoms with E-state index in [2.05, 4.69) is 10.3 Å². The molecule has 19 heavy (non-hydrogen) atoms. The fourth-order valence-corrected chi connectivity index (χ4v) is 1.70. The number of aromatic nitrogens is 1. The molecule has 1 N–H and O–H groups in total. The molecule has 7 heteroatoms. The highest BCUT2D eigenvalue weighted by Crippen LogP contribution is 2.20. The number of benzene rings is 1. The lowest BCUT2D eigenvalue weighted by Crippen LogP contribution is -2.15. The van der Waals surface area contributed by atoms with Gasteiger partial charge in [0.1, 0.15) is 10.8 Å². The Kier molecular flexibility index (Phi) is 3.97. The molecule has 0 saturated heterocycles. The number of anilines is 1. The van der Waals surface area contributed by atoms with Crippen molar-refractivity contribution in [2.24, 2.45) is 0 Å². The van der Waals surface area contributed by atoms with Crippen LogP contribution in [0.25, 0.3) is 0 Å². The van der Waals surface area contributed by atoms with Gasteiger partial charge in [-0.25, -0.2) is 13.8 Å². The van der Waals surface area contributed by atoms with Gasteiger partial charge < -0.3 is 5.32 Å². The quantitative estimate of drug-likeness (QED) is 0.854. The normalized spacial score (nSPS) is 10.3. The molecule has 0 fully saturated rings. The van der Waals surface area contributed by atoms with Gasteiger partial charge >= 0.3 is 0 Å². The minimum Gasteiger partial charge on any atom is -0.318 e. The number of rotatable bonds is 2. The lowest BCUT2D eigenvalue weighted by Gasteiger charge is -2.07. The predicted molar refractivity (Wildman–Crippen MR) is 68.6 cm³/mol. The largest absolute Gasteiger partial charge is 0.318 e. The van der Waals surface area contributed by atoms with Crippen LogP contribution in [0.1, 0.15) is 10.5 Å². The van der Waals surface area contributed by atoms with E-state index in [9.17, 15) is 13.6 Å². The van der Waals surface area contributed by atoms with Crippen LogP contribution >= 0.6 is 23.2 Å². The molecule has 0 aliphatic rings. The summed E-state index contributed by atoms with van der Waals surface area (Å²) in [6.45, 7) is 0. The number of halogens is 4. The Bertz CT molecular complexity index is 650. The molecule has 3 nitrogen and oxygen atoms in total.